The monoisotopic (exact) mass is 301 g/mol. The van der Waals surface area contributed by atoms with Gasteiger partial charge in [-0.3, -0.25) is 4.98 Å². The van der Waals surface area contributed by atoms with Crippen molar-refractivity contribution in [1.29, 1.82) is 5.26 Å². The molecule has 2 heterocycles. The van der Waals surface area contributed by atoms with Crippen LogP contribution in [0.2, 0.25) is 0 Å². The molecule has 0 unspecified atom stereocenters. The van der Waals surface area contributed by atoms with Gasteiger partial charge in [-0.2, -0.15) is 10.2 Å². The van der Waals surface area contributed by atoms with Crippen LogP contribution in [0.1, 0.15) is 11.4 Å². The maximum Gasteiger partial charge on any atom is 0.309 e. The lowest BCUT2D eigenvalue weighted by Gasteiger charge is -2.08. The minimum Gasteiger partial charge on any atom is -0.363 e. The van der Waals surface area contributed by atoms with E-state index in [1.807, 2.05) is 24.3 Å². The Balaban J connectivity index is 1.71. The van der Waals surface area contributed by atoms with Gasteiger partial charge in [0.25, 0.3) is 0 Å². The molecule has 0 saturated heterocycles. The number of nitrogens with zero attached hydrogens (tertiary/aromatic N) is 3. The van der Waals surface area contributed by atoms with Gasteiger partial charge in [0.05, 0.1) is 0 Å². The number of rotatable bonds is 3. The number of nitrogens with one attached hydrogen (secondary N) is 3. The third-order valence-electron chi connectivity index (χ3n) is 3.76. The maximum absolute atomic E-state index is 9.06. The van der Waals surface area contributed by atoms with Crippen LogP contribution < -0.4 is 10.3 Å². The van der Waals surface area contributed by atoms with Gasteiger partial charge in [0.2, 0.25) is 5.52 Å². The van der Waals surface area contributed by atoms with E-state index >= 15 is 0 Å². The molecule has 23 heavy (non-hydrogen) atoms. The van der Waals surface area contributed by atoms with E-state index in [-0.39, 0.29) is 5.82 Å². The average molecular weight is 301 g/mol. The summed E-state index contributed by atoms with van der Waals surface area (Å²) in [6, 6.07) is 16.5. The van der Waals surface area contributed by atoms with Crippen molar-refractivity contribution >= 4 is 27.8 Å². The summed E-state index contributed by atoms with van der Waals surface area (Å²) >= 11 is 0. The quantitative estimate of drug-likeness (QED) is 0.608. The molecule has 0 amide bonds. The van der Waals surface area contributed by atoms with Crippen LogP contribution in [0.5, 0.6) is 0 Å². The fraction of sp³-hybridized carbons (Fsp3) is 0.0588. The molecule has 110 valence electrons. The van der Waals surface area contributed by atoms with Crippen molar-refractivity contribution < 1.29 is 4.98 Å². The van der Waals surface area contributed by atoms with Crippen LogP contribution in [0.25, 0.3) is 21.9 Å². The molecule has 0 radical (unpaired) electrons. The lowest BCUT2D eigenvalue weighted by atomic mass is 10.0. The minimum atomic E-state index is 0.133. The number of anilines is 1. The fourth-order valence-electron chi connectivity index (χ4n) is 2.68. The van der Waals surface area contributed by atoms with Gasteiger partial charge in [-0.05, 0) is 16.3 Å². The Bertz CT molecular complexity index is 1040. The second kappa shape index (κ2) is 5.39. The first-order valence-electron chi connectivity index (χ1n) is 7.22. The van der Waals surface area contributed by atoms with Gasteiger partial charge in [-0.15, -0.1) is 0 Å². The summed E-state index contributed by atoms with van der Waals surface area (Å²) in [5.41, 5.74) is 2.53. The second-order valence-corrected chi connectivity index (χ2v) is 5.16. The predicted octanol–water partition coefficient (Wildman–Crippen LogP) is 2.41. The number of aromatic amines is 2. The molecule has 4 aromatic rings. The fourth-order valence-corrected chi connectivity index (χ4v) is 2.68. The van der Waals surface area contributed by atoms with Crippen molar-refractivity contribution in [2.24, 2.45) is 0 Å². The molecule has 3 N–H and O–H groups in total. The van der Waals surface area contributed by atoms with Crippen LogP contribution in [0.3, 0.4) is 0 Å². The highest BCUT2D eigenvalue weighted by Crippen LogP contribution is 2.21. The van der Waals surface area contributed by atoms with Crippen molar-refractivity contribution in [3.8, 4) is 6.07 Å². The summed E-state index contributed by atoms with van der Waals surface area (Å²) in [6.45, 7) is 0.608. The smallest absolute Gasteiger partial charge is 0.309 e. The molecule has 0 bridgehead atoms. The van der Waals surface area contributed by atoms with E-state index in [9.17, 15) is 0 Å². The highest BCUT2D eigenvalue weighted by molar-refractivity contribution is 5.86. The second-order valence-electron chi connectivity index (χ2n) is 5.16. The SMILES string of the molecule is N#Cc1nc(NCc2cccc3ccccc23)c2[nH]c[nH+]c2n1. The summed E-state index contributed by atoms with van der Waals surface area (Å²) in [5, 5.41) is 14.8. The normalized spacial score (nSPS) is 10.7. The number of hydrogen-bond acceptors (Lipinski definition) is 4. The summed E-state index contributed by atoms with van der Waals surface area (Å²) in [7, 11) is 0. The van der Waals surface area contributed by atoms with Crippen LogP contribution in [-0.4, -0.2) is 15.0 Å². The third-order valence-corrected chi connectivity index (χ3v) is 3.76. The number of benzene rings is 2. The summed E-state index contributed by atoms with van der Waals surface area (Å²) in [5.74, 6) is 0.745. The molecule has 2 aromatic carbocycles. The molecule has 0 fully saturated rings. The Morgan fingerprint density at radius 2 is 2.00 bits per heavy atom. The predicted molar refractivity (Wildman–Crippen MR) is 86.4 cm³/mol. The Morgan fingerprint density at radius 1 is 1.13 bits per heavy atom. The van der Waals surface area contributed by atoms with E-state index in [4.69, 9.17) is 5.26 Å². The number of nitriles is 1. The van der Waals surface area contributed by atoms with Crippen molar-refractivity contribution in [3.05, 3.63) is 60.2 Å². The highest BCUT2D eigenvalue weighted by Gasteiger charge is 2.15. The van der Waals surface area contributed by atoms with Gasteiger partial charge in [0.15, 0.2) is 18.2 Å². The van der Waals surface area contributed by atoms with Crippen LogP contribution in [-0.2, 0) is 6.54 Å². The van der Waals surface area contributed by atoms with E-state index in [1.54, 1.807) is 6.33 Å². The van der Waals surface area contributed by atoms with Crippen LogP contribution in [0.15, 0.2) is 48.8 Å². The highest BCUT2D eigenvalue weighted by atomic mass is 15.1. The van der Waals surface area contributed by atoms with Gasteiger partial charge in [-0.1, -0.05) is 47.4 Å². The van der Waals surface area contributed by atoms with Crippen molar-refractivity contribution in [3.63, 3.8) is 0 Å². The largest absolute Gasteiger partial charge is 0.363 e. The van der Waals surface area contributed by atoms with Gasteiger partial charge >= 0.3 is 11.5 Å². The summed E-state index contributed by atoms with van der Waals surface area (Å²) < 4.78 is 0. The van der Waals surface area contributed by atoms with Crippen LogP contribution >= 0.6 is 0 Å². The number of fused-ring (bicyclic) bond motifs is 2. The van der Waals surface area contributed by atoms with Gasteiger partial charge in [-0.25, -0.2) is 4.98 Å². The Hall–Kier alpha value is -3.46. The molecule has 0 aliphatic carbocycles. The zero-order chi connectivity index (χ0) is 15.6. The molecular weight excluding hydrogens is 288 g/mol. The molecule has 6 heteroatoms. The first-order chi connectivity index (χ1) is 11.3. The van der Waals surface area contributed by atoms with E-state index in [0.717, 1.165) is 5.52 Å². The molecule has 0 aliphatic heterocycles. The lowest BCUT2D eigenvalue weighted by molar-refractivity contribution is -0.347. The van der Waals surface area contributed by atoms with Crippen molar-refractivity contribution in [1.82, 2.24) is 15.0 Å². The number of aromatic nitrogens is 4. The zero-order valence-electron chi connectivity index (χ0n) is 12.2. The first kappa shape index (κ1) is 13.2. The van der Waals surface area contributed by atoms with E-state index in [2.05, 4.69) is 49.5 Å². The Morgan fingerprint density at radius 3 is 2.91 bits per heavy atom. The zero-order valence-corrected chi connectivity index (χ0v) is 12.2. The van der Waals surface area contributed by atoms with Gasteiger partial charge in [0, 0.05) is 6.54 Å². The minimum absolute atomic E-state index is 0.133. The van der Waals surface area contributed by atoms with Crippen LogP contribution in [0.4, 0.5) is 5.82 Å². The van der Waals surface area contributed by atoms with Crippen LogP contribution in [0, 0.1) is 11.3 Å². The van der Waals surface area contributed by atoms with Gasteiger partial charge in [0.1, 0.15) is 0 Å². The van der Waals surface area contributed by atoms with Crippen molar-refractivity contribution in [2.75, 3.05) is 5.32 Å². The third kappa shape index (κ3) is 2.34. The molecular formula is C17H13N6+. The molecule has 0 saturated carbocycles. The standard InChI is InChI=1S/C17H12N6/c18-8-14-22-16(15-17(23-14)21-10-20-15)19-9-12-6-3-5-11-4-1-2-7-13(11)12/h1-7,10H,9H2,(H2,19,20,21,22,23)/p+1. The maximum atomic E-state index is 9.06. The molecule has 0 spiro atoms. The van der Waals surface area contributed by atoms with Gasteiger partial charge < -0.3 is 5.32 Å². The molecule has 4 rings (SSSR count). The average Bonchev–Trinajstić information content (AvgIpc) is 3.08. The number of H-pyrrole nitrogens is 2. The molecule has 2 aromatic heterocycles. The Kier molecular flexibility index (Phi) is 3.10. The van der Waals surface area contributed by atoms with E-state index < -0.39 is 0 Å². The molecule has 6 nitrogen and oxygen atoms in total. The number of imidazole rings is 1. The molecule has 0 atom stereocenters. The molecule has 0 aliphatic rings. The van der Waals surface area contributed by atoms with E-state index in [1.165, 1.54) is 16.3 Å². The topological polar surface area (TPSA) is 91.5 Å². The summed E-state index contributed by atoms with van der Waals surface area (Å²) in [6.07, 6.45) is 1.67. The lowest BCUT2D eigenvalue weighted by Crippen LogP contribution is -2.07. The summed E-state index contributed by atoms with van der Waals surface area (Å²) in [4.78, 5) is 14.4. The number of hydrogen-bond donors (Lipinski definition) is 2. The van der Waals surface area contributed by atoms with Crippen molar-refractivity contribution in [2.45, 2.75) is 6.54 Å². The van der Waals surface area contributed by atoms with E-state index in [0.29, 0.717) is 18.0 Å². The first-order valence-corrected chi connectivity index (χ1v) is 7.22. The Labute approximate surface area is 131 Å².